The van der Waals surface area contributed by atoms with E-state index in [1.807, 2.05) is 0 Å². The molecular formula is C18H16BrCl2NO3. The molecule has 1 aliphatic heterocycles. The Bertz CT molecular complexity index is 825. The smallest absolute Gasteiger partial charge is 0.254 e. The first-order valence-electron chi connectivity index (χ1n) is 7.65. The van der Waals surface area contributed by atoms with Gasteiger partial charge in [-0.3, -0.25) is 14.5 Å². The van der Waals surface area contributed by atoms with Crippen LogP contribution in [0, 0.1) is 6.92 Å². The molecule has 0 saturated carbocycles. The summed E-state index contributed by atoms with van der Waals surface area (Å²) in [6.07, 6.45) is 3.45. The Morgan fingerprint density at radius 2 is 2.08 bits per heavy atom. The Kier molecular flexibility index (Phi) is 4.55. The normalized spacial score (nSPS) is 31.8. The summed E-state index contributed by atoms with van der Waals surface area (Å²) in [7, 11) is 0. The Morgan fingerprint density at radius 1 is 1.40 bits per heavy atom. The van der Waals surface area contributed by atoms with Crippen molar-refractivity contribution in [3.8, 4) is 5.75 Å². The van der Waals surface area contributed by atoms with Crippen LogP contribution >= 0.6 is 39.1 Å². The van der Waals surface area contributed by atoms with Crippen LogP contribution in [0.3, 0.4) is 0 Å². The third-order valence-corrected chi connectivity index (χ3v) is 6.92. The predicted molar refractivity (Wildman–Crippen MR) is 101 cm³/mol. The van der Waals surface area contributed by atoms with E-state index in [-0.39, 0.29) is 17.6 Å². The van der Waals surface area contributed by atoms with Gasteiger partial charge in [-0.2, -0.15) is 0 Å². The summed E-state index contributed by atoms with van der Waals surface area (Å²) in [5, 5.41) is 10.6. The fraction of sp³-hybridized carbons (Fsp3) is 0.333. The molecule has 4 nitrogen and oxygen atoms in total. The number of amides is 2. The number of phenolic OH excluding ortho intramolecular Hbond substituents is 1. The first kappa shape index (κ1) is 18.5. The number of para-hydroxylation sites is 1. The predicted octanol–water partition coefficient (Wildman–Crippen LogP) is 3.98. The second kappa shape index (κ2) is 6.15. The molecule has 3 rings (SSSR count). The van der Waals surface area contributed by atoms with Crippen molar-refractivity contribution >= 4 is 50.9 Å². The molecule has 1 heterocycles. The molecule has 2 aliphatic rings. The van der Waals surface area contributed by atoms with Crippen LogP contribution < -0.4 is 0 Å². The number of likely N-dealkylation sites (tertiary alicyclic amines) is 1. The zero-order valence-corrected chi connectivity index (χ0v) is 16.5. The number of carbonyl (C=O) groups excluding carboxylic acids is 2. The summed E-state index contributed by atoms with van der Waals surface area (Å²) >= 11 is 16.7. The lowest BCUT2D eigenvalue weighted by molar-refractivity contribution is -0.138. The second-order valence-corrected chi connectivity index (χ2v) is 7.97. The van der Waals surface area contributed by atoms with Crippen LogP contribution in [0.4, 0.5) is 0 Å². The molecule has 2 amide bonds. The Balaban J connectivity index is 2.31. The van der Waals surface area contributed by atoms with Gasteiger partial charge in [-0.25, -0.2) is 0 Å². The third-order valence-electron chi connectivity index (χ3n) is 5.00. The molecule has 0 bridgehead atoms. The maximum Gasteiger partial charge on any atom is 0.254 e. The highest BCUT2D eigenvalue weighted by Gasteiger charge is 2.72. The Morgan fingerprint density at radius 3 is 2.68 bits per heavy atom. The van der Waals surface area contributed by atoms with Crippen LogP contribution in [-0.2, 0) is 9.59 Å². The molecule has 0 unspecified atom stereocenters. The number of phenols is 1. The Labute approximate surface area is 164 Å². The van der Waals surface area contributed by atoms with Crippen LogP contribution in [0.15, 0.2) is 42.5 Å². The molecule has 1 aromatic carbocycles. The highest BCUT2D eigenvalue weighted by Crippen LogP contribution is 2.60. The van der Waals surface area contributed by atoms with Gasteiger partial charge in [-0.15, -0.1) is 23.2 Å². The quantitative estimate of drug-likeness (QED) is 0.435. The van der Waals surface area contributed by atoms with Crippen LogP contribution in [0.2, 0.25) is 0 Å². The second-order valence-electron chi connectivity index (χ2n) is 6.23. The van der Waals surface area contributed by atoms with Crippen molar-refractivity contribution < 1.29 is 14.7 Å². The number of benzene rings is 1. The van der Waals surface area contributed by atoms with Crippen LogP contribution in [0.5, 0.6) is 5.75 Å². The van der Waals surface area contributed by atoms with Gasteiger partial charge in [0.2, 0.25) is 0 Å². The lowest BCUT2D eigenvalue weighted by Crippen LogP contribution is -2.54. The SMILES string of the molecule is C=CC1=CC[C@@]2(Cl)C(=O)N(CBr)C(=O)[C@@]2(Cl)[C@H]1c1cccc(C)c1O. The van der Waals surface area contributed by atoms with E-state index in [2.05, 4.69) is 22.5 Å². The molecule has 0 spiro atoms. The minimum Gasteiger partial charge on any atom is -0.507 e. The molecule has 7 heteroatoms. The van der Waals surface area contributed by atoms with Gasteiger partial charge in [-0.05, 0) is 24.5 Å². The fourth-order valence-electron chi connectivity index (χ4n) is 3.64. The van der Waals surface area contributed by atoms with E-state index >= 15 is 0 Å². The highest BCUT2D eigenvalue weighted by atomic mass is 79.9. The molecule has 1 saturated heterocycles. The van der Waals surface area contributed by atoms with Crippen molar-refractivity contribution in [1.29, 1.82) is 0 Å². The zero-order chi connectivity index (χ0) is 18.6. The molecule has 1 aromatic rings. The molecule has 132 valence electrons. The van der Waals surface area contributed by atoms with Crippen molar-refractivity contribution in [2.75, 3.05) is 5.45 Å². The maximum absolute atomic E-state index is 13.1. The van der Waals surface area contributed by atoms with Gasteiger partial charge in [0.05, 0.1) is 5.45 Å². The topological polar surface area (TPSA) is 57.6 Å². The van der Waals surface area contributed by atoms with Gasteiger partial charge < -0.3 is 5.11 Å². The van der Waals surface area contributed by atoms with E-state index in [9.17, 15) is 14.7 Å². The van der Waals surface area contributed by atoms with E-state index in [4.69, 9.17) is 23.2 Å². The van der Waals surface area contributed by atoms with E-state index in [0.717, 1.165) is 4.90 Å². The monoisotopic (exact) mass is 443 g/mol. The number of allylic oxidation sites excluding steroid dienone is 3. The van der Waals surface area contributed by atoms with Gasteiger partial charge in [0, 0.05) is 11.5 Å². The number of halogens is 3. The van der Waals surface area contributed by atoms with E-state index < -0.39 is 27.5 Å². The number of rotatable bonds is 3. The van der Waals surface area contributed by atoms with Crippen molar-refractivity contribution in [3.63, 3.8) is 0 Å². The number of aryl methyl sites for hydroxylation is 1. The average Bonchev–Trinajstić information content (AvgIpc) is 2.74. The lowest BCUT2D eigenvalue weighted by Gasteiger charge is -2.42. The number of nitrogens with zero attached hydrogens (tertiary/aromatic N) is 1. The summed E-state index contributed by atoms with van der Waals surface area (Å²) in [5.74, 6) is -1.89. The summed E-state index contributed by atoms with van der Waals surface area (Å²) < 4.78 is 0. The Hall–Kier alpha value is -1.30. The number of fused-ring (bicyclic) bond motifs is 1. The third kappa shape index (κ3) is 2.25. The minimum atomic E-state index is -1.75. The first-order chi connectivity index (χ1) is 11.7. The van der Waals surface area contributed by atoms with Gasteiger partial charge in [0.15, 0.2) is 9.75 Å². The number of hydrogen-bond acceptors (Lipinski definition) is 3. The number of alkyl halides is 3. The molecule has 3 atom stereocenters. The minimum absolute atomic E-state index is 0.00352. The molecule has 0 radical (unpaired) electrons. The number of aromatic hydroxyl groups is 1. The molecular weight excluding hydrogens is 429 g/mol. The van der Waals surface area contributed by atoms with Crippen molar-refractivity contribution in [2.24, 2.45) is 0 Å². The average molecular weight is 445 g/mol. The van der Waals surface area contributed by atoms with Crippen LogP contribution in [0.25, 0.3) is 0 Å². The van der Waals surface area contributed by atoms with Crippen molar-refractivity contribution in [1.82, 2.24) is 4.90 Å². The van der Waals surface area contributed by atoms with Crippen LogP contribution in [0.1, 0.15) is 23.5 Å². The molecule has 1 aliphatic carbocycles. The molecule has 25 heavy (non-hydrogen) atoms. The first-order valence-corrected chi connectivity index (χ1v) is 9.53. The van der Waals surface area contributed by atoms with Crippen LogP contribution in [-0.4, -0.2) is 37.0 Å². The van der Waals surface area contributed by atoms with Crippen molar-refractivity contribution in [2.45, 2.75) is 29.0 Å². The number of carbonyl (C=O) groups is 2. The number of hydrogen-bond donors (Lipinski definition) is 1. The summed E-state index contributed by atoms with van der Waals surface area (Å²) in [6.45, 7) is 5.54. The van der Waals surface area contributed by atoms with E-state index in [0.29, 0.717) is 16.7 Å². The summed E-state index contributed by atoms with van der Waals surface area (Å²) in [4.78, 5) is 23.5. The summed E-state index contributed by atoms with van der Waals surface area (Å²) in [6, 6.07) is 5.20. The van der Waals surface area contributed by atoms with Gasteiger partial charge in [0.1, 0.15) is 5.75 Å². The van der Waals surface area contributed by atoms with E-state index in [1.165, 1.54) is 0 Å². The standard InChI is InChI=1S/C18H16BrCl2NO3/c1-3-11-7-8-17(20)15(24)22(9-19)16(25)18(17,21)13(11)12-6-4-5-10(2)14(12)23/h3-7,13,23H,1,8-9H2,2H3/t13-,17-,18+/m1/s1. The lowest BCUT2D eigenvalue weighted by atomic mass is 9.68. The molecule has 0 aromatic heterocycles. The molecule has 1 N–H and O–H groups in total. The fourth-order valence-corrected chi connectivity index (χ4v) is 4.97. The van der Waals surface area contributed by atoms with Gasteiger partial charge in [0.25, 0.3) is 11.8 Å². The van der Waals surface area contributed by atoms with Gasteiger partial charge >= 0.3 is 0 Å². The summed E-state index contributed by atoms with van der Waals surface area (Å²) in [5.41, 5.74) is 1.75. The molecule has 1 fully saturated rings. The number of imide groups is 1. The zero-order valence-electron chi connectivity index (χ0n) is 13.4. The van der Waals surface area contributed by atoms with Gasteiger partial charge in [-0.1, -0.05) is 52.9 Å². The maximum atomic E-state index is 13.1. The largest absolute Gasteiger partial charge is 0.507 e. The highest BCUT2D eigenvalue weighted by molar-refractivity contribution is 9.09. The van der Waals surface area contributed by atoms with Crippen molar-refractivity contribution in [3.05, 3.63) is 53.6 Å². The van der Waals surface area contributed by atoms with E-state index in [1.54, 1.807) is 37.3 Å².